The molecule has 88 valence electrons. The summed E-state index contributed by atoms with van der Waals surface area (Å²) in [5.41, 5.74) is 0.713. The summed E-state index contributed by atoms with van der Waals surface area (Å²) in [5, 5.41) is 2.60. The van der Waals surface area contributed by atoms with Gasteiger partial charge in [0.05, 0.1) is 13.2 Å². The minimum absolute atomic E-state index is 0. The molecule has 0 spiro atoms. The largest absolute Gasteiger partial charge is 0.496 e. The van der Waals surface area contributed by atoms with Crippen molar-refractivity contribution in [3.63, 3.8) is 0 Å². The van der Waals surface area contributed by atoms with Crippen LogP contribution in [0.4, 0.5) is 9.18 Å². The molecule has 2 rings (SSSR count). The first-order valence-corrected chi connectivity index (χ1v) is 4.47. The van der Waals surface area contributed by atoms with Crippen LogP contribution in [0.5, 0.6) is 5.75 Å². The Hall–Kier alpha value is -1.49. The van der Waals surface area contributed by atoms with Crippen LogP contribution in [0.25, 0.3) is 0 Å². The minimum Gasteiger partial charge on any atom is -0.496 e. The number of benzene rings is 1. The van der Waals surface area contributed by atoms with E-state index in [1.807, 2.05) is 0 Å². The molecule has 1 aliphatic rings. The van der Waals surface area contributed by atoms with E-state index in [2.05, 4.69) is 5.32 Å². The molecule has 1 saturated heterocycles. The average Bonchev–Trinajstić information content (AvgIpc) is 2.64. The van der Waals surface area contributed by atoms with E-state index in [4.69, 9.17) is 9.47 Å². The standard InChI is InChI=1S/C10H10FNO3.ClH/c1-14-9-4-6(11)2-3-7(9)8-5-15-10(13)12-8;/h2-4,8H,5H2,1H3,(H,12,13);1H/t8-;/m0./s1. The van der Waals surface area contributed by atoms with Crippen molar-refractivity contribution in [3.05, 3.63) is 29.6 Å². The summed E-state index contributed by atoms with van der Waals surface area (Å²) in [6.45, 7) is 0.237. The van der Waals surface area contributed by atoms with Crippen LogP contribution in [-0.4, -0.2) is 19.8 Å². The Bertz CT molecular complexity index is 400. The van der Waals surface area contributed by atoms with Crippen molar-refractivity contribution in [3.8, 4) is 5.75 Å². The molecule has 0 saturated carbocycles. The monoisotopic (exact) mass is 247 g/mol. The maximum Gasteiger partial charge on any atom is 0.407 e. The summed E-state index contributed by atoms with van der Waals surface area (Å²) >= 11 is 0. The van der Waals surface area contributed by atoms with Gasteiger partial charge >= 0.3 is 6.09 Å². The van der Waals surface area contributed by atoms with E-state index in [1.54, 1.807) is 6.07 Å². The van der Waals surface area contributed by atoms with Gasteiger partial charge in [0, 0.05) is 11.6 Å². The second-order valence-corrected chi connectivity index (χ2v) is 3.18. The van der Waals surface area contributed by atoms with Crippen molar-refractivity contribution in [2.75, 3.05) is 13.7 Å². The molecule has 1 heterocycles. The van der Waals surface area contributed by atoms with Crippen LogP contribution in [0.2, 0.25) is 0 Å². The first-order chi connectivity index (χ1) is 7.20. The Morgan fingerprint density at radius 2 is 2.31 bits per heavy atom. The van der Waals surface area contributed by atoms with Crippen molar-refractivity contribution in [2.45, 2.75) is 6.04 Å². The highest BCUT2D eigenvalue weighted by molar-refractivity contribution is 5.85. The number of amides is 1. The van der Waals surface area contributed by atoms with Crippen LogP contribution in [0.3, 0.4) is 0 Å². The van der Waals surface area contributed by atoms with Gasteiger partial charge in [-0.3, -0.25) is 0 Å². The Labute approximate surface area is 98.1 Å². The van der Waals surface area contributed by atoms with Crippen LogP contribution in [-0.2, 0) is 4.74 Å². The smallest absolute Gasteiger partial charge is 0.407 e. The fourth-order valence-electron chi connectivity index (χ4n) is 1.52. The highest BCUT2D eigenvalue weighted by atomic mass is 35.5. The number of alkyl carbamates (subject to hydrolysis) is 1. The Balaban J connectivity index is 0.00000128. The first kappa shape index (κ1) is 12.6. The Morgan fingerprint density at radius 3 is 2.88 bits per heavy atom. The van der Waals surface area contributed by atoms with Crippen molar-refractivity contribution in [1.82, 2.24) is 5.32 Å². The van der Waals surface area contributed by atoms with Crippen LogP contribution in [0.15, 0.2) is 18.2 Å². The molecule has 0 aromatic heterocycles. The third kappa shape index (κ3) is 2.36. The van der Waals surface area contributed by atoms with Gasteiger partial charge in [0.1, 0.15) is 18.2 Å². The summed E-state index contributed by atoms with van der Waals surface area (Å²) in [4.78, 5) is 10.8. The van der Waals surface area contributed by atoms with E-state index in [1.165, 1.54) is 19.2 Å². The summed E-state index contributed by atoms with van der Waals surface area (Å²) in [5.74, 6) is 0.0339. The van der Waals surface area contributed by atoms with E-state index in [-0.39, 0.29) is 30.9 Å². The molecule has 16 heavy (non-hydrogen) atoms. The minimum atomic E-state index is -0.466. The van der Waals surface area contributed by atoms with Gasteiger partial charge in [-0.05, 0) is 6.07 Å². The summed E-state index contributed by atoms with van der Waals surface area (Å²) in [6.07, 6.45) is -0.466. The lowest BCUT2D eigenvalue weighted by Crippen LogP contribution is -2.18. The number of carbonyl (C=O) groups is 1. The number of hydrogen-bond donors (Lipinski definition) is 1. The van der Waals surface area contributed by atoms with Gasteiger partial charge in [0.2, 0.25) is 0 Å². The van der Waals surface area contributed by atoms with Crippen LogP contribution in [0.1, 0.15) is 11.6 Å². The number of cyclic esters (lactones) is 1. The van der Waals surface area contributed by atoms with E-state index in [0.717, 1.165) is 0 Å². The molecule has 0 unspecified atom stereocenters. The van der Waals surface area contributed by atoms with Crippen molar-refractivity contribution >= 4 is 18.5 Å². The lowest BCUT2D eigenvalue weighted by atomic mass is 10.1. The van der Waals surface area contributed by atoms with Gasteiger partial charge in [-0.1, -0.05) is 6.07 Å². The highest BCUT2D eigenvalue weighted by Crippen LogP contribution is 2.28. The van der Waals surface area contributed by atoms with Gasteiger partial charge in [0.15, 0.2) is 0 Å². The number of carbonyl (C=O) groups excluding carboxylic acids is 1. The summed E-state index contributed by atoms with van der Waals surface area (Å²) in [7, 11) is 1.45. The summed E-state index contributed by atoms with van der Waals surface area (Å²) in [6, 6.07) is 3.91. The van der Waals surface area contributed by atoms with Crippen LogP contribution >= 0.6 is 12.4 Å². The lowest BCUT2D eigenvalue weighted by Gasteiger charge is -2.12. The number of rotatable bonds is 2. The maximum atomic E-state index is 12.9. The highest BCUT2D eigenvalue weighted by Gasteiger charge is 2.26. The molecule has 1 aromatic rings. The molecule has 1 fully saturated rings. The van der Waals surface area contributed by atoms with Gasteiger partial charge in [-0.25, -0.2) is 9.18 Å². The molecule has 1 amide bonds. The number of ether oxygens (including phenoxy) is 2. The molecule has 1 atom stereocenters. The van der Waals surface area contributed by atoms with Crippen LogP contribution in [0, 0.1) is 5.82 Å². The fourth-order valence-corrected chi connectivity index (χ4v) is 1.52. The predicted octanol–water partition coefficient (Wildman–Crippen LogP) is 2.04. The van der Waals surface area contributed by atoms with Gasteiger partial charge in [0.25, 0.3) is 0 Å². The quantitative estimate of drug-likeness (QED) is 0.870. The van der Waals surface area contributed by atoms with E-state index in [9.17, 15) is 9.18 Å². The second-order valence-electron chi connectivity index (χ2n) is 3.18. The van der Waals surface area contributed by atoms with Crippen molar-refractivity contribution < 1.29 is 18.7 Å². The molecule has 1 N–H and O–H groups in total. The SMILES string of the molecule is COc1cc(F)ccc1[C@@H]1COC(=O)N1.Cl. The molecule has 6 heteroatoms. The number of nitrogens with one attached hydrogen (secondary N) is 1. The Morgan fingerprint density at radius 1 is 1.56 bits per heavy atom. The zero-order valence-corrected chi connectivity index (χ0v) is 9.34. The molecule has 4 nitrogen and oxygen atoms in total. The number of halogens is 2. The topological polar surface area (TPSA) is 47.6 Å². The van der Waals surface area contributed by atoms with Gasteiger partial charge < -0.3 is 14.8 Å². The van der Waals surface area contributed by atoms with E-state index in [0.29, 0.717) is 11.3 Å². The summed E-state index contributed by atoms with van der Waals surface area (Å²) < 4.78 is 22.7. The molecule has 0 aliphatic carbocycles. The second kappa shape index (κ2) is 5.03. The molecule has 1 aliphatic heterocycles. The van der Waals surface area contributed by atoms with Gasteiger partial charge in [-0.15, -0.1) is 12.4 Å². The van der Waals surface area contributed by atoms with Crippen LogP contribution < -0.4 is 10.1 Å². The molecular formula is C10H11ClFNO3. The lowest BCUT2D eigenvalue weighted by molar-refractivity contribution is 0.177. The van der Waals surface area contributed by atoms with Crippen molar-refractivity contribution in [1.29, 1.82) is 0 Å². The Kier molecular flexibility index (Phi) is 3.95. The van der Waals surface area contributed by atoms with Gasteiger partial charge in [-0.2, -0.15) is 0 Å². The predicted molar refractivity (Wildman–Crippen MR) is 57.4 cm³/mol. The normalized spacial score (nSPS) is 18.4. The third-order valence-electron chi connectivity index (χ3n) is 2.24. The molecule has 1 aromatic carbocycles. The van der Waals surface area contributed by atoms with E-state index >= 15 is 0 Å². The average molecular weight is 248 g/mol. The maximum absolute atomic E-state index is 12.9. The fraction of sp³-hybridized carbons (Fsp3) is 0.300. The van der Waals surface area contributed by atoms with E-state index < -0.39 is 6.09 Å². The molecular weight excluding hydrogens is 237 g/mol. The third-order valence-corrected chi connectivity index (χ3v) is 2.24. The zero-order chi connectivity index (χ0) is 10.8. The molecule has 0 bridgehead atoms. The zero-order valence-electron chi connectivity index (χ0n) is 8.53. The number of methoxy groups -OCH3 is 1. The first-order valence-electron chi connectivity index (χ1n) is 4.47. The van der Waals surface area contributed by atoms with Crippen molar-refractivity contribution in [2.24, 2.45) is 0 Å². The number of hydrogen-bond acceptors (Lipinski definition) is 3. The molecule has 0 radical (unpaired) electrons.